The molecule has 1 heterocycles. The second kappa shape index (κ2) is 7.43. The molecule has 19 heavy (non-hydrogen) atoms. The van der Waals surface area contributed by atoms with Crippen molar-refractivity contribution in [1.29, 1.82) is 0 Å². The van der Waals surface area contributed by atoms with Gasteiger partial charge in [-0.1, -0.05) is 19.9 Å². The Morgan fingerprint density at radius 1 is 1.26 bits per heavy atom. The average Bonchev–Trinajstić information content (AvgIpc) is 2.42. The molecular weight excluding hydrogens is 248 g/mol. The molecule has 3 atom stereocenters. The fourth-order valence-electron chi connectivity index (χ4n) is 1.76. The number of hydrogen-bond acceptors (Lipinski definition) is 5. The smallest absolute Gasteiger partial charge is 0.229 e. The molecule has 0 aromatic heterocycles. The van der Waals surface area contributed by atoms with E-state index in [0.29, 0.717) is 5.92 Å². The van der Waals surface area contributed by atoms with Crippen LogP contribution < -0.4 is 0 Å². The number of rotatable bonds is 6. The van der Waals surface area contributed by atoms with Crippen LogP contribution in [0.1, 0.15) is 13.8 Å². The molecule has 0 aliphatic carbocycles. The second-order valence-electron chi connectivity index (χ2n) is 4.62. The molecule has 0 fully saturated rings. The van der Waals surface area contributed by atoms with Crippen LogP contribution in [0.3, 0.4) is 0 Å². The van der Waals surface area contributed by atoms with Crippen LogP contribution in [-0.2, 0) is 23.7 Å². The molecular formula is C14H22O5. The summed E-state index contributed by atoms with van der Waals surface area (Å²) in [6, 6.07) is 0. The van der Waals surface area contributed by atoms with Gasteiger partial charge in [0.05, 0.1) is 0 Å². The molecule has 0 bridgehead atoms. The van der Waals surface area contributed by atoms with Gasteiger partial charge in [0.15, 0.2) is 5.76 Å². The van der Waals surface area contributed by atoms with Crippen molar-refractivity contribution in [3.63, 3.8) is 0 Å². The standard InChI is InChI=1S/C14H22O5/c1-9(2)6-7-10(15)11-8-12(16-3)13(17-4)14(18-5)19-11/h6-9,12-14H,1-5H3/b7-6+/t12-,13+,14-/m0/s1. The predicted octanol–water partition coefficient (Wildman–Crippen LogP) is 1.68. The Morgan fingerprint density at radius 3 is 2.42 bits per heavy atom. The van der Waals surface area contributed by atoms with Crippen molar-refractivity contribution in [3.05, 3.63) is 24.0 Å². The molecule has 0 amide bonds. The van der Waals surface area contributed by atoms with Gasteiger partial charge in [0.1, 0.15) is 12.2 Å². The highest BCUT2D eigenvalue weighted by molar-refractivity contribution is 6.02. The normalized spacial score (nSPS) is 27.5. The lowest BCUT2D eigenvalue weighted by Gasteiger charge is -2.33. The summed E-state index contributed by atoms with van der Waals surface area (Å²) in [7, 11) is 4.60. The molecule has 1 aliphatic rings. The third kappa shape index (κ3) is 4.16. The third-order valence-electron chi connectivity index (χ3n) is 2.80. The van der Waals surface area contributed by atoms with Gasteiger partial charge in [0.25, 0.3) is 0 Å². The number of carbonyl (C=O) groups excluding carboxylic acids is 1. The van der Waals surface area contributed by atoms with Crippen LogP contribution in [-0.4, -0.2) is 45.6 Å². The van der Waals surface area contributed by atoms with Gasteiger partial charge in [-0.3, -0.25) is 4.79 Å². The Bertz CT molecular complexity index is 359. The Morgan fingerprint density at radius 2 is 1.95 bits per heavy atom. The van der Waals surface area contributed by atoms with Crippen molar-refractivity contribution < 1.29 is 23.7 Å². The third-order valence-corrected chi connectivity index (χ3v) is 2.80. The van der Waals surface area contributed by atoms with Crippen LogP contribution in [0.2, 0.25) is 0 Å². The average molecular weight is 270 g/mol. The maximum absolute atomic E-state index is 12.0. The highest BCUT2D eigenvalue weighted by Crippen LogP contribution is 2.23. The van der Waals surface area contributed by atoms with Crippen molar-refractivity contribution in [2.45, 2.75) is 32.3 Å². The maximum atomic E-state index is 12.0. The van der Waals surface area contributed by atoms with Crippen molar-refractivity contribution in [1.82, 2.24) is 0 Å². The summed E-state index contributed by atoms with van der Waals surface area (Å²) in [4.78, 5) is 12.0. The number of ketones is 1. The number of hydrogen-bond donors (Lipinski definition) is 0. The summed E-state index contributed by atoms with van der Waals surface area (Å²) in [6.45, 7) is 3.99. The van der Waals surface area contributed by atoms with Crippen LogP contribution in [0.25, 0.3) is 0 Å². The summed E-state index contributed by atoms with van der Waals surface area (Å²) < 4.78 is 21.3. The monoisotopic (exact) mass is 270 g/mol. The minimum Gasteiger partial charge on any atom is -0.458 e. The van der Waals surface area contributed by atoms with E-state index in [2.05, 4.69) is 0 Å². The summed E-state index contributed by atoms with van der Waals surface area (Å²) in [6.07, 6.45) is 3.50. The Labute approximate surface area is 114 Å². The van der Waals surface area contributed by atoms with Gasteiger partial charge in [0.2, 0.25) is 12.1 Å². The molecule has 0 aromatic carbocycles. The number of allylic oxidation sites excluding steroid dienone is 2. The Balaban J connectivity index is 2.89. The fraction of sp³-hybridized carbons (Fsp3) is 0.643. The highest BCUT2D eigenvalue weighted by Gasteiger charge is 2.36. The van der Waals surface area contributed by atoms with Gasteiger partial charge in [-0.05, 0) is 18.1 Å². The highest BCUT2D eigenvalue weighted by atomic mass is 16.7. The van der Waals surface area contributed by atoms with E-state index in [1.165, 1.54) is 13.2 Å². The summed E-state index contributed by atoms with van der Waals surface area (Å²) in [5.74, 6) is 0.326. The van der Waals surface area contributed by atoms with Gasteiger partial charge in [-0.25, -0.2) is 0 Å². The Hall–Kier alpha value is -1.17. The van der Waals surface area contributed by atoms with Gasteiger partial charge in [-0.2, -0.15) is 0 Å². The second-order valence-corrected chi connectivity index (χ2v) is 4.62. The van der Waals surface area contributed by atoms with E-state index in [4.69, 9.17) is 18.9 Å². The molecule has 0 saturated carbocycles. The lowest BCUT2D eigenvalue weighted by Crippen LogP contribution is -2.45. The lowest BCUT2D eigenvalue weighted by molar-refractivity contribution is -0.203. The van der Waals surface area contributed by atoms with Gasteiger partial charge < -0.3 is 18.9 Å². The largest absolute Gasteiger partial charge is 0.458 e. The van der Waals surface area contributed by atoms with Crippen molar-refractivity contribution in [3.8, 4) is 0 Å². The van der Waals surface area contributed by atoms with Crippen LogP contribution in [0.5, 0.6) is 0 Å². The van der Waals surface area contributed by atoms with E-state index in [-0.39, 0.29) is 17.6 Å². The summed E-state index contributed by atoms with van der Waals surface area (Å²) in [5, 5.41) is 0. The molecule has 108 valence electrons. The van der Waals surface area contributed by atoms with Crippen LogP contribution in [0.4, 0.5) is 0 Å². The zero-order valence-electron chi connectivity index (χ0n) is 12.1. The van der Waals surface area contributed by atoms with Crippen molar-refractivity contribution in [2.75, 3.05) is 21.3 Å². The first-order chi connectivity index (χ1) is 9.03. The summed E-state index contributed by atoms with van der Waals surface area (Å²) >= 11 is 0. The minimum absolute atomic E-state index is 0.202. The van der Waals surface area contributed by atoms with Crippen LogP contribution in [0.15, 0.2) is 24.0 Å². The number of carbonyl (C=O) groups is 1. The van der Waals surface area contributed by atoms with Gasteiger partial charge in [-0.15, -0.1) is 0 Å². The number of ether oxygens (including phenoxy) is 4. The zero-order valence-corrected chi connectivity index (χ0v) is 12.1. The van der Waals surface area contributed by atoms with E-state index >= 15 is 0 Å². The van der Waals surface area contributed by atoms with Crippen molar-refractivity contribution >= 4 is 5.78 Å². The van der Waals surface area contributed by atoms with Gasteiger partial charge >= 0.3 is 0 Å². The lowest BCUT2D eigenvalue weighted by atomic mass is 10.1. The fourth-order valence-corrected chi connectivity index (χ4v) is 1.76. The molecule has 5 nitrogen and oxygen atoms in total. The van der Waals surface area contributed by atoms with E-state index < -0.39 is 12.4 Å². The predicted molar refractivity (Wildman–Crippen MR) is 70.5 cm³/mol. The summed E-state index contributed by atoms with van der Waals surface area (Å²) in [5.41, 5.74) is 0. The SMILES string of the molecule is CO[C@H]1OC(C(=O)/C=C/C(C)C)=C[C@H](OC)[C@H]1OC. The molecule has 1 aliphatic heterocycles. The van der Waals surface area contributed by atoms with E-state index in [1.807, 2.05) is 19.9 Å². The van der Waals surface area contributed by atoms with Crippen LogP contribution in [0, 0.1) is 5.92 Å². The van der Waals surface area contributed by atoms with E-state index in [1.54, 1.807) is 20.3 Å². The topological polar surface area (TPSA) is 54.0 Å². The quantitative estimate of drug-likeness (QED) is 0.687. The molecule has 0 unspecified atom stereocenters. The maximum Gasteiger partial charge on any atom is 0.229 e. The molecule has 5 heteroatoms. The molecule has 1 rings (SSSR count). The first-order valence-electron chi connectivity index (χ1n) is 6.22. The van der Waals surface area contributed by atoms with E-state index in [9.17, 15) is 4.79 Å². The first-order valence-corrected chi connectivity index (χ1v) is 6.22. The van der Waals surface area contributed by atoms with E-state index in [0.717, 1.165) is 0 Å². The van der Waals surface area contributed by atoms with Crippen molar-refractivity contribution in [2.24, 2.45) is 5.92 Å². The minimum atomic E-state index is -0.661. The first kappa shape index (κ1) is 15.9. The number of methoxy groups -OCH3 is 3. The zero-order chi connectivity index (χ0) is 14.4. The Kier molecular flexibility index (Phi) is 6.21. The molecule has 0 spiro atoms. The molecule has 0 N–H and O–H groups in total. The molecule has 0 aromatic rings. The van der Waals surface area contributed by atoms with Gasteiger partial charge in [0, 0.05) is 21.3 Å². The van der Waals surface area contributed by atoms with Crippen LogP contribution >= 0.6 is 0 Å². The molecule has 0 saturated heterocycles. The molecule has 0 radical (unpaired) electrons.